The fourth-order valence-corrected chi connectivity index (χ4v) is 5.80. The lowest BCUT2D eigenvalue weighted by molar-refractivity contribution is 0.0663. The van der Waals surface area contributed by atoms with Crippen molar-refractivity contribution in [1.82, 2.24) is 0 Å². The summed E-state index contributed by atoms with van der Waals surface area (Å²) in [5.74, 6) is -2.83. The van der Waals surface area contributed by atoms with Crippen LogP contribution in [0.25, 0.3) is 0 Å². The molecule has 1 saturated carbocycles. The highest BCUT2D eigenvalue weighted by Crippen LogP contribution is 2.81. The first-order valence-electron chi connectivity index (χ1n) is 9.93. The summed E-state index contributed by atoms with van der Waals surface area (Å²) in [4.78, 5) is 66.0. The third-order valence-electron chi connectivity index (χ3n) is 7.08. The molecule has 148 valence electrons. The molecule has 2 spiro atoms. The van der Waals surface area contributed by atoms with Gasteiger partial charge in [-0.15, -0.1) is 0 Å². The summed E-state index contributed by atoms with van der Waals surface area (Å²) in [6.45, 7) is 0. The van der Waals surface area contributed by atoms with Gasteiger partial charge in [0.05, 0.1) is 0 Å². The van der Waals surface area contributed by atoms with Crippen LogP contribution in [0.2, 0.25) is 0 Å². The van der Waals surface area contributed by atoms with E-state index in [4.69, 9.17) is 0 Å². The molecule has 5 heteroatoms. The van der Waals surface area contributed by atoms with Crippen molar-refractivity contribution in [1.29, 1.82) is 0 Å². The Balaban J connectivity index is 1.65. The lowest BCUT2D eigenvalue weighted by atomic mass is 9.84. The maximum Gasteiger partial charge on any atom is 0.179 e. The molecule has 0 N–H and O–H groups in total. The van der Waals surface area contributed by atoms with E-state index < -0.39 is 39.9 Å². The minimum atomic E-state index is -1.79. The van der Waals surface area contributed by atoms with Crippen molar-refractivity contribution in [3.63, 3.8) is 0 Å². The molecule has 3 aromatic rings. The molecule has 0 atom stereocenters. The Labute approximate surface area is 176 Å². The van der Waals surface area contributed by atoms with Gasteiger partial charge in [0, 0.05) is 33.7 Å². The molecular weight excluding hydrogens is 392 g/mol. The number of hydrogen-bond acceptors (Lipinski definition) is 5. The van der Waals surface area contributed by atoms with Crippen LogP contribution in [0, 0.1) is 10.8 Å². The van der Waals surface area contributed by atoms with E-state index in [-0.39, 0.29) is 22.3 Å². The highest BCUT2D eigenvalue weighted by Gasteiger charge is 2.93. The normalized spacial score (nSPS) is 19.7. The zero-order valence-electron chi connectivity index (χ0n) is 16.1. The van der Waals surface area contributed by atoms with Crippen LogP contribution in [0.5, 0.6) is 0 Å². The van der Waals surface area contributed by atoms with Gasteiger partial charge in [0.15, 0.2) is 23.1 Å². The fraction of sp³-hybridized carbons (Fsp3) is 0.115. The Bertz CT molecular complexity index is 1230. The number of fused-ring (bicyclic) bond motifs is 3. The Morgan fingerprint density at radius 2 is 0.903 bits per heavy atom. The number of rotatable bonds is 2. The number of aldehydes is 1. The van der Waals surface area contributed by atoms with Crippen molar-refractivity contribution in [3.05, 3.63) is 106 Å². The maximum atomic E-state index is 13.7. The molecule has 0 aliphatic heterocycles. The van der Waals surface area contributed by atoms with Crippen molar-refractivity contribution >= 4 is 29.4 Å². The number of hydrogen-bond donors (Lipinski definition) is 0. The fourth-order valence-electron chi connectivity index (χ4n) is 5.80. The number of ketones is 4. The molecule has 0 heterocycles. The molecule has 3 aromatic carbocycles. The zero-order chi connectivity index (χ0) is 21.5. The lowest BCUT2D eigenvalue weighted by Crippen LogP contribution is -2.32. The van der Waals surface area contributed by atoms with Gasteiger partial charge < -0.3 is 0 Å². The molecule has 0 amide bonds. The SMILES string of the molecule is O=Cc1ccc(C2C3(C(=O)c4ccccc4C3=O)C23C(=O)c2ccccc2C3=O)cc1. The van der Waals surface area contributed by atoms with E-state index in [1.54, 1.807) is 72.8 Å². The first-order chi connectivity index (χ1) is 15.0. The van der Waals surface area contributed by atoms with Crippen LogP contribution in [0.3, 0.4) is 0 Å². The summed E-state index contributed by atoms with van der Waals surface area (Å²) < 4.78 is 0. The highest BCUT2D eigenvalue weighted by molar-refractivity contribution is 6.45. The van der Waals surface area contributed by atoms with Gasteiger partial charge in [-0.25, -0.2) is 0 Å². The molecule has 5 nitrogen and oxygen atoms in total. The first kappa shape index (κ1) is 17.8. The average Bonchev–Trinajstić information content (AvgIpc) is 3.34. The van der Waals surface area contributed by atoms with E-state index in [1.165, 1.54) is 0 Å². The van der Waals surface area contributed by atoms with Crippen LogP contribution in [-0.4, -0.2) is 29.4 Å². The van der Waals surface area contributed by atoms with Crippen molar-refractivity contribution < 1.29 is 24.0 Å². The summed E-state index contributed by atoms with van der Waals surface area (Å²) in [6, 6.07) is 19.3. The van der Waals surface area contributed by atoms with Crippen molar-refractivity contribution in [2.75, 3.05) is 0 Å². The van der Waals surface area contributed by atoms with E-state index in [1.807, 2.05) is 0 Å². The van der Waals surface area contributed by atoms with Crippen LogP contribution in [0.4, 0.5) is 0 Å². The van der Waals surface area contributed by atoms with Gasteiger partial charge in [-0.05, 0) is 5.56 Å². The molecule has 1 fully saturated rings. The highest BCUT2D eigenvalue weighted by atomic mass is 16.2. The monoisotopic (exact) mass is 406 g/mol. The predicted octanol–water partition coefficient (Wildman–Crippen LogP) is 3.73. The summed E-state index contributed by atoms with van der Waals surface area (Å²) in [6.07, 6.45) is 0.686. The Kier molecular flexibility index (Phi) is 3.21. The molecule has 0 saturated heterocycles. The first-order valence-corrected chi connectivity index (χ1v) is 9.93. The molecule has 31 heavy (non-hydrogen) atoms. The molecule has 0 unspecified atom stereocenters. The van der Waals surface area contributed by atoms with Crippen molar-refractivity contribution in [2.24, 2.45) is 10.8 Å². The van der Waals surface area contributed by atoms with Crippen LogP contribution < -0.4 is 0 Å². The number of benzene rings is 3. The van der Waals surface area contributed by atoms with Gasteiger partial charge in [0.1, 0.15) is 17.1 Å². The number of carbonyl (C=O) groups is 5. The van der Waals surface area contributed by atoms with E-state index in [0.29, 0.717) is 17.4 Å². The van der Waals surface area contributed by atoms with Gasteiger partial charge >= 0.3 is 0 Å². The molecule has 3 aliphatic carbocycles. The molecule has 3 aliphatic rings. The molecule has 6 rings (SSSR count). The number of carbonyl (C=O) groups excluding carboxylic acids is 5. The Hall–Kier alpha value is -3.99. The molecule has 0 aromatic heterocycles. The van der Waals surface area contributed by atoms with Gasteiger partial charge in [-0.1, -0.05) is 72.8 Å². The Morgan fingerprint density at radius 3 is 1.23 bits per heavy atom. The summed E-state index contributed by atoms with van der Waals surface area (Å²) >= 11 is 0. The molecule has 0 radical (unpaired) electrons. The summed E-state index contributed by atoms with van der Waals surface area (Å²) in [7, 11) is 0. The van der Waals surface area contributed by atoms with Gasteiger partial charge in [-0.3, -0.25) is 24.0 Å². The smallest absolute Gasteiger partial charge is 0.179 e. The second kappa shape index (κ2) is 5.58. The van der Waals surface area contributed by atoms with Crippen LogP contribution in [0.15, 0.2) is 72.8 Å². The van der Waals surface area contributed by atoms with Crippen LogP contribution >= 0.6 is 0 Å². The minimum absolute atomic E-state index is 0.246. The van der Waals surface area contributed by atoms with Gasteiger partial charge in [0.2, 0.25) is 0 Å². The minimum Gasteiger partial charge on any atom is -0.298 e. The van der Waals surface area contributed by atoms with E-state index >= 15 is 0 Å². The average molecular weight is 406 g/mol. The van der Waals surface area contributed by atoms with Gasteiger partial charge in [-0.2, -0.15) is 0 Å². The largest absolute Gasteiger partial charge is 0.298 e. The Morgan fingerprint density at radius 1 is 0.548 bits per heavy atom. The van der Waals surface area contributed by atoms with Gasteiger partial charge in [0.25, 0.3) is 0 Å². The zero-order valence-corrected chi connectivity index (χ0v) is 16.1. The van der Waals surface area contributed by atoms with Crippen LogP contribution in [0.1, 0.15) is 63.3 Å². The quantitative estimate of drug-likeness (QED) is 0.478. The third kappa shape index (κ3) is 1.73. The second-order valence-electron chi connectivity index (χ2n) is 8.24. The summed E-state index contributed by atoms with van der Waals surface area (Å²) in [5.41, 5.74) is -1.64. The lowest BCUT2D eigenvalue weighted by Gasteiger charge is -2.11. The van der Waals surface area contributed by atoms with E-state index in [2.05, 4.69) is 0 Å². The van der Waals surface area contributed by atoms with E-state index in [0.717, 1.165) is 0 Å². The van der Waals surface area contributed by atoms with Crippen LogP contribution in [-0.2, 0) is 0 Å². The topological polar surface area (TPSA) is 85.3 Å². The summed E-state index contributed by atoms with van der Waals surface area (Å²) in [5, 5.41) is 0. The van der Waals surface area contributed by atoms with E-state index in [9.17, 15) is 24.0 Å². The standard InChI is InChI=1S/C26H14O5/c27-13-14-9-11-15(12-10-14)20-25(21(28)16-5-1-2-6-17(16)22(25)29)26(20)23(30)18-7-3-4-8-19(18)24(26)31/h1-13,20H. The molecule has 0 bridgehead atoms. The number of Topliss-reactive ketones (excluding diaryl/α,β-unsaturated/α-hetero) is 4. The third-order valence-corrected chi connectivity index (χ3v) is 7.08. The predicted molar refractivity (Wildman–Crippen MR) is 110 cm³/mol. The van der Waals surface area contributed by atoms with Crippen molar-refractivity contribution in [3.8, 4) is 0 Å². The maximum absolute atomic E-state index is 13.7. The second-order valence-corrected chi connectivity index (χ2v) is 8.24. The van der Waals surface area contributed by atoms with Crippen molar-refractivity contribution in [2.45, 2.75) is 5.92 Å². The molecular formula is C26H14O5.